The Kier molecular flexibility index (Phi) is 2.69. The van der Waals surface area contributed by atoms with Gasteiger partial charge in [0.15, 0.2) is 0 Å². The zero-order chi connectivity index (χ0) is 11.0. The van der Waals surface area contributed by atoms with Crippen LogP contribution in [0, 0.1) is 13.8 Å². The first kappa shape index (κ1) is 10.5. The Bertz CT molecular complexity index is 396. The van der Waals surface area contributed by atoms with Gasteiger partial charge >= 0.3 is 5.69 Å². The maximum atomic E-state index is 11.7. The van der Waals surface area contributed by atoms with Crippen LogP contribution in [0.3, 0.4) is 0 Å². The van der Waals surface area contributed by atoms with Crippen LogP contribution in [0.2, 0.25) is 0 Å². The first-order chi connectivity index (χ1) is 7.09. The van der Waals surface area contributed by atoms with E-state index in [1.807, 2.05) is 18.4 Å². The zero-order valence-corrected chi connectivity index (χ0v) is 9.42. The van der Waals surface area contributed by atoms with Gasteiger partial charge < -0.3 is 10.7 Å². The number of nitrogens with two attached hydrogens (primary N) is 1. The van der Waals surface area contributed by atoms with Crippen LogP contribution in [0.25, 0.3) is 0 Å². The molecule has 1 fully saturated rings. The van der Waals surface area contributed by atoms with E-state index in [2.05, 4.69) is 4.98 Å². The summed E-state index contributed by atoms with van der Waals surface area (Å²) in [5, 5.41) is 0. The van der Waals surface area contributed by atoms with E-state index in [0.29, 0.717) is 12.1 Å². The highest BCUT2D eigenvalue weighted by Crippen LogP contribution is 2.27. The third-order valence-corrected chi connectivity index (χ3v) is 3.52. The summed E-state index contributed by atoms with van der Waals surface area (Å²) in [4.78, 5) is 14.6. The van der Waals surface area contributed by atoms with Crippen molar-refractivity contribution in [2.75, 3.05) is 0 Å². The molecular weight excluding hydrogens is 190 g/mol. The van der Waals surface area contributed by atoms with Crippen molar-refractivity contribution in [3.63, 3.8) is 0 Å². The van der Waals surface area contributed by atoms with Crippen LogP contribution < -0.4 is 11.4 Å². The van der Waals surface area contributed by atoms with E-state index >= 15 is 0 Å². The first-order valence-corrected chi connectivity index (χ1v) is 5.63. The molecule has 1 aromatic rings. The first-order valence-electron chi connectivity index (χ1n) is 5.63. The monoisotopic (exact) mass is 209 g/mol. The van der Waals surface area contributed by atoms with Crippen LogP contribution in [0.1, 0.15) is 43.1 Å². The van der Waals surface area contributed by atoms with Crippen LogP contribution >= 0.6 is 0 Å². The molecule has 0 aromatic carbocycles. The second-order valence-corrected chi connectivity index (χ2v) is 4.58. The molecule has 0 amide bonds. The Morgan fingerprint density at radius 1 is 1.27 bits per heavy atom. The number of aryl methyl sites for hydroxylation is 1. The molecule has 0 atom stereocenters. The van der Waals surface area contributed by atoms with Crippen molar-refractivity contribution < 1.29 is 0 Å². The smallest absolute Gasteiger partial charge is 0.326 e. The molecule has 1 aliphatic rings. The summed E-state index contributed by atoms with van der Waals surface area (Å²) >= 11 is 0. The molecule has 0 bridgehead atoms. The molecule has 0 spiro atoms. The number of nitrogens with zero attached hydrogens (tertiary/aromatic N) is 1. The summed E-state index contributed by atoms with van der Waals surface area (Å²) < 4.78 is 1.90. The molecule has 1 aliphatic carbocycles. The maximum Gasteiger partial charge on any atom is 0.326 e. The van der Waals surface area contributed by atoms with E-state index < -0.39 is 0 Å². The van der Waals surface area contributed by atoms with Gasteiger partial charge in [-0.05, 0) is 39.5 Å². The minimum absolute atomic E-state index is 0.0328. The third kappa shape index (κ3) is 1.86. The molecule has 4 nitrogen and oxygen atoms in total. The van der Waals surface area contributed by atoms with E-state index in [4.69, 9.17) is 5.73 Å². The normalized spacial score (nSPS) is 26.9. The van der Waals surface area contributed by atoms with Crippen molar-refractivity contribution in [2.45, 2.75) is 51.6 Å². The Morgan fingerprint density at radius 3 is 2.33 bits per heavy atom. The number of H-pyrrole nitrogens is 1. The number of hydrogen-bond acceptors (Lipinski definition) is 2. The largest absolute Gasteiger partial charge is 0.328 e. The van der Waals surface area contributed by atoms with Gasteiger partial charge in [0.25, 0.3) is 0 Å². The van der Waals surface area contributed by atoms with E-state index in [1.54, 1.807) is 0 Å². The molecule has 2 rings (SSSR count). The highest BCUT2D eigenvalue weighted by atomic mass is 16.1. The number of nitrogens with one attached hydrogen (secondary N) is 1. The lowest BCUT2D eigenvalue weighted by atomic mass is 9.91. The fourth-order valence-electron chi connectivity index (χ4n) is 2.44. The average Bonchev–Trinajstić information content (AvgIpc) is 2.44. The summed E-state index contributed by atoms with van der Waals surface area (Å²) in [6.07, 6.45) is 4.11. The van der Waals surface area contributed by atoms with E-state index in [9.17, 15) is 4.79 Å². The lowest BCUT2D eigenvalue weighted by Crippen LogP contribution is -2.31. The predicted molar refractivity (Wildman–Crippen MR) is 60.0 cm³/mol. The molecule has 0 radical (unpaired) electrons. The Hall–Kier alpha value is -1.03. The molecule has 0 unspecified atom stereocenters. The SMILES string of the molecule is Cc1[nH]c(=O)n(C2CCC(N)CC2)c1C. The molecule has 0 saturated heterocycles. The third-order valence-electron chi connectivity index (χ3n) is 3.52. The van der Waals surface area contributed by atoms with Gasteiger partial charge in [0.2, 0.25) is 0 Å². The van der Waals surface area contributed by atoms with Crippen molar-refractivity contribution in [1.29, 1.82) is 0 Å². The van der Waals surface area contributed by atoms with Gasteiger partial charge in [0, 0.05) is 23.5 Å². The second kappa shape index (κ2) is 3.85. The van der Waals surface area contributed by atoms with Crippen LogP contribution in [-0.4, -0.2) is 15.6 Å². The van der Waals surface area contributed by atoms with Crippen molar-refractivity contribution >= 4 is 0 Å². The van der Waals surface area contributed by atoms with E-state index in [1.165, 1.54) is 0 Å². The Labute approximate surface area is 89.5 Å². The van der Waals surface area contributed by atoms with Crippen LogP contribution in [0.5, 0.6) is 0 Å². The van der Waals surface area contributed by atoms with Gasteiger partial charge in [-0.25, -0.2) is 4.79 Å². The Balaban J connectivity index is 2.26. The quantitative estimate of drug-likeness (QED) is 0.730. The summed E-state index contributed by atoms with van der Waals surface area (Å²) in [5.41, 5.74) is 7.95. The number of imidazole rings is 1. The van der Waals surface area contributed by atoms with Crippen LogP contribution in [-0.2, 0) is 0 Å². The molecular formula is C11H19N3O. The fraction of sp³-hybridized carbons (Fsp3) is 0.727. The van der Waals surface area contributed by atoms with Crippen LogP contribution in [0.15, 0.2) is 4.79 Å². The van der Waals surface area contributed by atoms with Crippen molar-refractivity contribution in [3.8, 4) is 0 Å². The molecule has 84 valence electrons. The average molecular weight is 209 g/mol. The minimum atomic E-state index is 0.0328. The van der Waals surface area contributed by atoms with E-state index in [0.717, 1.165) is 37.1 Å². The van der Waals surface area contributed by atoms with Gasteiger partial charge in [-0.1, -0.05) is 0 Å². The van der Waals surface area contributed by atoms with Gasteiger partial charge in [-0.15, -0.1) is 0 Å². The molecule has 3 N–H and O–H groups in total. The topological polar surface area (TPSA) is 63.8 Å². The van der Waals surface area contributed by atoms with Gasteiger partial charge in [0.05, 0.1) is 0 Å². The van der Waals surface area contributed by atoms with Crippen LogP contribution in [0.4, 0.5) is 0 Å². The van der Waals surface area contributed by atoms with E-state index in [-0.39, 0.29) is 5.69 Å². The minimum Gasteiger partial charge on any atom is -0.328 e. The van der Waals surface area contributed by atoms with Crippen molar-refractivity contribution in [2.24, 2.45) is 5.73 Å². The number of rotatable bonds is 1. The second-order valence-electron chi connectivity index (χ2n) is 4.58. The maximum absolute atomic E-state index is 11.7. The zero-order valence-electron chi connectivity index (χ0n) is 9.42. The highest BCUT2D eigenvalue weighted by Gasteiger charge is 2.22. The van der Waals surface area contributed by atoms with Gasteiger partial charge in [0.1, 0.15) is 0 Å². The summed E-state index contributed by atoms with van der Waals surface area (Å²) in [5.74, 6) is 0. The van der Waals surface area contributed by atoms with Gasteiger partial charge in [-0.3, -0.25) is 4.57 Å². The van der Waals surface area contributed by atoms with Gasteiger partial charge in [-0.2, -0.15) is 0 Å². The Morgan fingerprint density at radius 2 is 1.87 bits per heavy atom. The van der Waals surface area contributed by atoms with Crippen molar-refractivity contribution in [3.05, 3.63) is 21.9 Å². The molecule has 4 heteroatoms. The fourth-order valence-corrected chi connectivity index (χ4v) is 2.44. The number of hydrogen-bond donors (Lipinski definition) is 2. The summed E-state index contributed by atoms with van der Waals surface area (Å²) in [6, 6.07) is 0.680. The van der Waals surface area contributed by atoms with Crippen molar-refractivity contribution in [1.82, 2.24) is 9.55 Å². The molecule has 0 aliphatic heterocycles. The standard InChI is InChI=1S/C11H19N3O/c1-7-8(2)14(11(15)13-7)10-5-3-9(12)4-6-10/h9-10H,3-6,12H2,1-2H3,(H,13,15). The molecule has 1 saturated carbocycles. The predicted octanol–water partition coefficient (Wildman–Crippen LogP) is 1.24. The summed E-state index contributed by atoms with van der Waals surface area (Å²) in [7, 11) is 0. The molecule has 1 heterocycles. The lowest BCUT2D eigenvalue weighted by molar-refractivity contribution is 0.315. The summed E-state index contributed by atoms with van der Waals surface area (Å²) in [6.45, 7) is 3.95. The lowest BCUT2D eigenvalue weighted by Gasteiger charge is -2.27. The number of aromatic nitrogens is 2. The molecule has 1 aromatic heterocycles. The highest BCUT2D eigenvalue weighted by molar-refractivity contribution is 5.10. The number of aromatic amines is 1. The molecule has 15 heavy (non-hydrogen) atoms.